The Bertz CT molecular complexity index is 1290. The van der Waals surface area contributed by atoms with Gasteiger partial charge in [0.2, 0.25) is 11.7 Å². The van der Waals surface area contributed by atoms with Gasteiger partial charge in [0, 0.05) is 12.1 Å². The number of hydrogen-bond acceptors (Lipinski definition) is 6. The topological polar surface area (TPSA) is 90.0 Å². The second-order valence-corrected chi connectivity index (χ2v) is 11.1. The number of rotatable bonds is 5. The molecule has 5 rings (SSSR count). The third kappa shape index (κ3) is 6.12. The van der Waals surface area contributed by atoms with Crippen LogP contribution in [0.1, 0.15) is 78.2 Å². The molecule has 0 N–H and O–H groups in total. The van der Waals surface area contributed by atoms with Crippen molar-refractivity contribution in [3.05, 3.63) is 42.3 Å². The SMILES string of the molecule is C/C(=N\C(=O)OC(C)(C)C)N1CCC[C@H]1c1nc(-c2ccc3cc(OCC4CCCC4)ccc3c2)no1. The maximum absolute atomic E-state index is 12.2. The lowest BCUT2D eigenvalue weighted by Crippen LogP contribution is -2.30. The molecule has 0 radical (unpaired) electrons. The smallest absolute Gasteiger partial charge is 0.435 e. The molecule has 1 aliphatic carbocycles. The van der Waals surface area contributed by atoms with E-state index >= 15 is 0 Å². The zero-order valence-electron chi connectivity index (χ0n) is 22.2. The van der Waals surface area contributed by atoms with Crippen molar-refractivity contribution in [2.24, 2.45) is 10.9 Å². The normalized spacial score (nSPS) is 19.1. The van der Waals surface area contributed by atoms with Gasteiger partial charge in [0.15, 0.2) is 0 Å². The van der Waals surface area contributed by atoms with Crippen molar-refractivity contribution in [2.75, 3.05) is 13.2 Å². The minimum Gasteiger partial charge on any atom is -0.493 e. The number of amidine groups is 1. The van der Waals surface area contributed by atoms with Crippen molar-refractivity contribution < 1.29 is 18.8 Å². The zero-order chi connectivity index (χ0) is 26.0. The zero-order valence-corrected chi connectivity index (χ0v) is 22.2. The highest BCUT2D eigenvalue weighted by Crippen LogP contribution is 2.33. The van der Waals surface area contributed by atoms with E-state index in [9.17, 15) is 4.79 Å². The summed E-state index contributed by atoms with van der Waals surface area (Å²) in [6, 6.07) is 12.3. The predicted octanol–water partition coefficient (Wildman–Crippen LogP) is 6.95. The average molecular weight is 505 g/mol. The molecule has 1 saturated carbocycles. The van der Waals surface area contributed by atoms with Gasteiger partial charge >= 0.3 is 6.09 Å². The maximum Gasteiger partial charge on any atom is 0.435 e. The first-order chi connectivity index (χ1) is 17.7. The van der Waals surface area contributed by atoms with E-state index in [-0.39, 0.29) is 6.04 Å². The summed E-state index contributed by atoms with van der Waals surface area (Å²) in [7, 11) is 0. The Morgan fingerprint density at radius 2 is 1.84 bits per heavy atom. The van der Waals surface area contributed by atoms with E-state index in [0.717, 1.165) is 48.1 Å². The molecule has 1 aliphatic heterocycles. The van der Waals surface area contributed by atoms with Gasteiger partial charge in [-0.25, -0.2) is 4.79 Å². The van der Waals surface area contributed by atoms with Gasteiger partial charge in [0.05, 0.1) is 6.61 Å². The maximum atomic E-state index is 12.2. The molecule has 0 spiro atoms. The molecule has 8 nitrogen and oxygen atoms in total. The van der Waals surface area contributed by atoms with Crippen molar-refractivity contribution in [2.45, 2.75) is 77.9 Å². The number of aromatic nitrogens is 2. The molecule has 2 fully saturated rings. The number of amides is 1. The highest BCUT2D eigenvalue weighted by Gasteiger charge is 2.32. The lowest BCUT2D eigenvalue weighted by atomic mass is 10.1. The van der Waals surface area contributed by atoms with Gasteiger partial charge in [-0.3, -0.25) is 0 Å². The Labute approximate surface area is 218 Å². The summed E-state index contributed by atoms with van der Waals surface area (Å²) in [6.45, 7) is 8.85. The van der Waals surface area contributed by atoms with Gasteiger partial charge in [0.1, 0.15) is 23.2 Å². The second kappa shape index (κ2) is 10.5. The number of aliphatic imine (C=N–C) groups is 1. The van der Waals surface area contributed by atoms with Crippen LogP contribution in [0.5, 0.6) is 5.75 Å². The lowest BCUT2D eigenvalue weighted by molar-refractivity contribution is 0.0601. The molecule has 37 heavy (non-hydrogen) atoms. The van der Waals surface area contributed by atoms with Crippen LogP contribution >= 0.6 is 0 Å². The van der Waals surface area contributed by atoms with E-state index in [0.29, 0.717) is 23.5 Å². The fourth-order valence-electron chi connectivity index (χ4n) is 5.22. The Hall–Kier alpha value is -3.42. The van der Waals surface area contributed by atoms with Gasteiger partial charge in [-0.1, -0.05) is 36.2 Å². The van der Waals surface area contributed by atoms with Crippen LogP contribution in [-0.2, 0) is 4.74 Å². The first kappa shape index (κ1) is 25.2. The molecule has 2 heterocycles. The van der Waals surface area contributed by atoms with Gasteiger partial charge in [-0.05, 0) is 88.3 Å². The van der Waals surface area contributed by atoms with Crippen molar-refractivity contribution >= 4 is 22.7 Å². The Kier molecular flexibility index (Phi) is 7.17. The number of likely N-dealkylation sites (tertiary alicyclic amines) is 1. The van der Waals surface area contributed by atoms with E-state index in [1.807, 2.05) is 44.7 Å². The first-order valence-electron chi connectivity index (χ1n) is 13.3. The van der Waals surface area contributed by atoms with Crippen LogP contribution in [0.25, 0.3) is 22.2 Å². The Morgan fingerprint density at radius 1 is 1.08 bits per heavy atom. The van der Waals surface area contributed by atoms with Gasteiger partial charge in [0.25, 0.3) is 0 Å². The third-order valence-corrected chi connectivity index (χ3v) is 7.07. The molecule has 1 saturated heterocycles. The van der Waals surface area contributed by atoms with E-state index in [1.165, 1.54) is 25.7 Å². The van der Waals surface area contributed by atoms with E-state index < -0.39 is 11.7 Å². The van der Waals surface area contributed by atoms with Crippen LogP contribution in [-0.4, -0.2) is 45.7 Å². The van der Waals surface area contributed by atoms with Crippen molar-refractivity contribution in [3.8, 4) is 17.1 Å². The van der Waals surface area contributed by atoms with Crippen LogP contribution in [0.15, 0.2) is 45.9 Å². The van der Waals surface area contributed by atoms with Crippen LogP contribution in [0.3, 0.4) is 0 Å². The minimum absolute atomic E-state index is 0.118. The molecule has 3 aromatic rings. The Morgan fingerprint density at radius 3 is 2.62 bits per heavy atom. The van der Waals surface area contributed by atoms with Crippen LogP contribution in [0.4, 0.5) is 4.79 Å². The van der Waals surface area contributed by atoms with Crippen molar-refractivity contribution in [1.82, 2.24) is 15.0 Å². The van der Waals surface area contributed by atoms with Crippen LogP contribution in [0, 0.1) is 5.92 Å². The minimum atomic E-state index is -0.592. The average Bonchev–Trinajstić information content (AvgIpc) is 3.62. The summed E-state index contributed by atoms with van der Waals surface area (Å²) in [5.74, 6) is 3.27. The number of carbonyl (C=O) groups excluding carboxylic acids is 1. The fourth-order valence-corrected chi connectivity index (χ4v) is 5.22. The quantitative estimate of drug-likeness (QED) is 0.274. The monoisotopic (exact) mass is 504 g/mol. The molecular weight excluding hydrogens is 468 g/mol. The summed E-state index contributed by atoms with van der Waals surface area (Å²) in [6.07, 6.45) is 6.41. The van der Waals surface area contributed by atoms with Gasteiger partial charge < -0.3 is 18.9 Å². The largest absolute Gasteiger partial charge is 0.493 e. The number of hydrogen-bond donors (Lipinski definition) is 0. The number of fused-ring (bicyclic) bond motifs is 1. The molecule has 196 valence electrons. The summed E-state index contributed by atoms with van der Waals surface area (Å²) in [5.41, 5.74) is 0.308. The van der Waals surface area contributed by atoms with Gasteiger partial charge in [-0.15, -0.1) is 0 Å². The van der Waals surface area contributed by atoms with E-state index in [2.05, 4.69) is 34.4 Å². The summed E-state index contributed by atoms with van der Waals surface area (Å²) < 4.78 is 17.1. The highest BCUT2D eigenvalue weighted by molar-refractivity contribution is 5.90. The predicted molar refractivity (Wildman–Crippen MR) is 143 cm³/mol. The number of carbonyl (C=O) groups is 1. The standard InChI is InChI=1S/C29H36N4O4/c1-19(30-28(34)36-29(2,3)4)33-15-7-10-25(33)27-31-26(32-37-27)23-12-11-22-17-24(14-13-21(22)16-23)35-18-20-8-5-6-9-20/h11-14,16-17,20,25H,5-10,15,18H2,1-4H3/b30-19+/t25-/m0/s1. The molecule has 1 amide bonds. The second-order valence-electron chi connectivity index (χ2n) is 11.1. The molecule has 1 atom stereocenters. The van der Waals surface area contributed by atoms with Crippen LogP contribution < -0.4 is 4.74 Å². The molecular formula is C29H36N4O4. The first-order valence-corrected chi connectivity index (χ1v) is 13.3. The number of ether oxygens (including phenoxy) is 2. The fraction of sp³-hybridized carbons (Fsp3) is 0.517. The third-order valence-electron chi connectivity index (χ3n) is 7.07. The van der Waals surface area contributed by atoms with Crippen LogP contribution in [0.2, 0.25) is 0 Å². The molecule has 0 unspecified atom stereocenters. The number of benzene rings is 2. The molecule has 2 aliphatic rings. The molecule has 2 aromatic carbocycles. The summed E-state index contributed by atoms with van der Waals surface area (Å²) in [4.78, 5) is 23.1. The summed E-state index contributed by atoms with van der Waals surface area (Å²) in [5, 5.41) is 6.48. The highest BCUT2D eigenvalue weighted by atomic mass is 16.6. The van der Waals surface area contributed by atoms with E-state index in [1.54, 1.807) is 0 Å². The Balaban J connectivity index is 1.28. The molecule has 0 bridgehead atoms. The van der Waals surface area contributed by atoms with Crippen molar-refractivity contribution in [1.29, 1.82) is 0 Å². The molecule has 8 heteroatoms. The summed E-state index contributed by atoms with van der Waals surface area (Å²) >= 11 is 0. The lowest BCUT2D eigenvalue weighted by Gasteiger charge is -2.24. The van der Waals surface area contributed by atoms with Gasteiger partial charge in [-0.2, -0.15) is 9.98 Å². The van der Waals surface area contributed by atoms with Crippen molar-refractivity contribution in [3.63, 3.8) is 0 Å². The van der Waals surface area contributed by atoms with E-state index in [4.69, 9.17) is 19.0 Å². The molecule has 1 aromatic heterocycles. The number of nitrogens with zero attached hydrogens (tertiary/aromatic N) is 4.